The molecular weight excluding hydrogens is 214 g/mol. The number of methoxy groups -OCH3 is 2. The molecule has 1 N–H and O–H groups in total. The molecule has 2 rings (SSSR count). The average Bonchev–Trinajstić information content (AvgIpc) is 3.16. The maximum Gasteiger partial charge on any atom is 0.161 e. The zero-order valence-electron chi connectivity index (χ0n) is 11.0. The topological polar surface area (TPSA) is 30.5 Å². The van der Waals surface area contributed by atoms with Gasteiger partial charge in [-0.15, -0.1) is 0 Å². The van der Waals surface area contributed by atoms with Crippen molar-refractivity contribution in [2.45, 2.75) is 25.8 Å². The molecule has 1 aliphatic carbocycles. The van der Waals surface area contributed by atoms with E-state index in [1.165, 1.54) is 24.0 Å². The van der Waals surface area contributed by atoms with Crippen LogP contribution in [0.15, 0.2) is 12.1 Å². The Kier molecular flexibility index (Phi) is 3.57. The lowest BCUT2D eigenvalue weighted by Gasteiger charge is -2.20. The predicted molar refractivity (Wildman–Crippen MR) is 68.8 cm³/mol. The van der Waals surface area contributed by atoms with Crippen LogP contribution in [0.3, 0.4) is 0 Å². The summed E-state index contributed by atoms with van der Waals surface area (Å²) in [5.41, 5.74) is 2.58. The van der Waals surface area contributed by atoms with E-state index in [-0.39, 0.29) is 0 Å². The van der Waals surface area contributed by atoms with Crippen LogP contribution in [0.4, 0.5) is 0 Å². The number of nitrogens with one attached hydrogen (secondary N) is 1. The van der Waals surface area contributed by atoms with Gasteiger partial charge >= 0.3 is 0 Å². The monoisotopic (exact) mass is 235 g/mol. The Bertz CT molecular complexity index is 399. The fourth-order valence-corrected chi connectivity index (χ4v) is 2.41. The lowest BCUT2D eigenvalue weighted by molar-refractivity contribution is 0.353. The Morgan fingerprint density at radius 3 is 2.24 bits per heavy atom. The van der Waals surface area contributed by atoms with Gasteiger partial charge < -0.3 is 14.8 Å². The minimum Gasteiger partial charge on any atom is -0.493 e. The van der Waals surface area contributed by atoms with Gasteiger partial charge in [-0.3, -0.25) is 0 Å². The molecule has 94 valence electrons. The summed E-state index contributed by atoms with van der Waals surface area (Å²) in [6.07, 6.45) is 2.64. The molecule has 3 heteroatoms. The van der Waals surface area contributed by atoms with Crippen LogP contribution in [0, 0.1) is 12.8 Å². The Morgan fingerprint density at radius 2 is 1.76 bits per heavy atom. The van der Waals surface area contributed by atoms with Crippen molar-refractivity contribution in [3.63, 3.8) is 0 Å². The van der Waals surface area contributed by atoms with Crippen LogP contribution >= 0.6 is 0 Å². The van der Waals surface area contributed by atoms with Crippen molar-refractivity contribution in [1.82, 2.24) is 5.32 Å². The van der Waals surface area contributed by atoms with Crippen molar-refractivity contribution >= 4 is 0 Å². The Hall–Kier alpha value is -1.22. The molecular formula is C14H21NO2. The minimum absolute atomic E-state index is 0.440. The van der Waals surface area contributed by atoms with Gasteiger partial charge in [0.25, 0.3) is 0 Å². The number of aryl methyl sites for hydroxylation is 1. The number of ether oxygens (including phenoxy) is 2. The van der Waals surface area contributed by atoms with Crippen molar-refractivity contribution < 1.29 is 9.47 Å². The normalized spacial score (nSPS) is 16.7. The Morgan fingerprint density at radius 1 is 1.18 bits per heavy atom. The van der Waals surface area contributed by atoms with E-state index >= 15 is 0 Å². The highest BCUT2D eigenvalue weighted by atomic mass is 16.5. The molecule has 0 spiro atoms. The largest absolute Gasteiger partial charge is 0.493 e. The molecule has 0 amide bonds. The van der Waals surface area contributed by atoms with E-state index in [2.05, 4.69) is 24.4 Å². The molecule has 1 aliphatic rings. The van der Waals surface area contributed by atoms with E-state index in [9.17, 15) is 0 Å². The van der Waals surface area contributed by atoms with Crippen LogP contribution < -0.4 is 14.8 Å². The van der Waals surface area contributed by atoms with E-state index in [0.29, 0.717) is 6.04 Å². The average molecular weight is 235 g/mol. The molecule has 1 aromatic carbocycles. The SMILES string of the molecule is CNC(c1cc(OC)c(OC)cc1C)C1CC1. The molecule has 1 atom stereocenters. The van der Waals surface area contributed by atoms with E-state index in [1.807, 2.05) is 7.05 Å². The van der Waals surface area contributed by atoms with Gasteiger partial charge in [0.15, 0.2) is 11.5 Å². The zero-order valence-corrected chi connectivity index (χ0v) is 11.0. The van der Waals surface area contributed by atoms with E-state index in [0.717, 1.165) is 17.4 Å². The summed E-state index contributed by atoms with van der Waals surface area (Å²) in [6.45, 7) is 2.13. The summed E-state index contributed by atoms with van der Waals surface area (Å²) in [5, 5.41) is 3.41. The number of benzene rings is 1. The molecule has 0 saturated heterocycles. The quantitative estimate of drug-likeness (QED) is 0.851. The summed E-state index contributed by atoms with van der Waals surface area (Å²) in [6, 6.07) is 4.60. The van der Waals surface area contributed by atoms with Crippen LogP contribution in [0.1, 0.15) is 30.0 Å². The number of hydrogen-bond donors (Lipinski definition) is 1. The van der Waals surface area contributed by atoms with Crippen LogP contribution in [-0.2, 0) is 0 Å². The van der Waals surface area contributed by atoms with Gasteiger partial charge in [-0.2, -0.15) is 0 Å². The highest BCUT2D eigenvalue weighted by molar-refractivity contribution is 5.48. The molecule has 0 heterocycles. The molecule has 0 aliphatic heterocycles. The fourth-order valence-electron chi connectivity index (χ4n) is 2.41. The van der Waals surface area contributed by atoms with Crippen LogP contribution in [-0.4, -0.2) is 21.3 Å². The summed E-state index contributed by atoms with van der Waals surface area (Å²) < 4.78 is 10.7. The third-order valence-corrected chi connectivity index (χ3v) is 3.51. The second-order valence-electron chi connectivity index (χ2n) is 4.67. The lowest BCUT2D eigenvalue weighted by Crippen LogP contribution is -2.19. The standard InChI is InChI=1S/C14H21NO2/c1-9-7-12(16-3)13(17-4)8-11(9)14(15-2)10-5-6-10/h7-8,10,14-15H,5-6H2,1-4H3. The summed E-state index contributed by atoms with van der Waals surface area (Å²) >= 11 is 0. The first-order valence-corrected chi connectivity index (χ1v) is 6.11. The maximum absolute atomic E-state index is 5.37. The molecule has 0 radical (unpaired) electrons. The molecule has 1 saturated carbocycles. The third-order valence-electron chi connectivity index (χ3n) is 3.51. The van der Waals surface area contributed by atoms with Gasteiger partial charge in [0, 0.05) is 6.04 Å². The van der Waals surface area contributed by atoms with Gasteiger partial charge in [-0.05, 0) is 56.0 Å². The maximum atomic E-state index is 5.37. The highest BCUT2D eigenvalue weighted by Gasteiger charge is 2.32. The van der Waals surface area contributed by atoms with Crippen LogP contribution in [0.5, 0.6) is 11.5 Å². The number of rotatable bonds is 5. The molecule has 1 unspecified atom stereocenters. The van der Waals surface area contributed by atoms with E-state index < -0.39 is 0 Å². The molecule has 1 fully saturated rings. The lowest BCUT2D eigenvalue weighted by atomic mass is 9.97. The van der Waals surface area contributed by atoms with Gasteiger partial charge in [0.2, 0.25) is 0 Å². The molecule has 1 aromatic rings. The van der Waals surface area contributed by atoms with Crippen molar-refractivity contribution in [1.29, 1.82) is 0 Å². The highest BCUT2D eigenvalue weighted by Crippen LogP contribution is 2.43. The summed E-state index contributed by atoms with van der Waals surface area (Å²) in [7, 11) is 5.38. The van der Waals surface area contributed by atoms with Crippen molar-refractivity contribution in [2.24, 2.45) is 5.92 Å². The van der Waals surface area contributed by atoms with Crippen molar-refractivity contribution in [2.75, 3.05) is 21.3 Å². The zero-order chi connectivity index (χ0) is 12.4. The second kappa shape index (κ2) is 4.96. The fraction of sp³-hybridized carbons (Fsp3) is 0.571. The first-order chi connectivity index (χ1) is 8.21. The van der Waals surface area contributed by atoms with Crippen molar-refractivity contribution in [3.8, 4) is 11.5 Å². The Balaban J connectivity index is 2.38. The van der Waals surface area contributed by atoms with Gasteiger partial charge in [-0.1, -0.05) is 0 Å². The van der Waals surface area contributed by atoms with Gasteiger partial charge in [0.05, 0.1) is 14.2 Å². The minimum atomic E-state index is 0.440. The smallest absolute Gasteiger partial charge is 0.161 e. The Labute approximate surface area is 103 Å². The van der Waals surface area contributed by atoms with Gasteiger partial charge in [-0.25, -0.2) is 0 Å². The molecule has 3 nitrogen and oxygen atoms in total. The predicted octanol–water partition coefficient (Wildman–Crippen LogP) is 2.68. The van der Waals surface area contributed by atoms with E-state index in [4.69, 9.17) is 9.47 Å². The summed E-state index contributed by atoms with van der Waals surface area (Å²) in [4.78, 5) is 0. The van der Waals surface area contributed by atoms with Crippen LogP contribution in [0.25, 0.3) is 0 Å². The second-order valence-corrected chi connectivity index (χ2v) is 4.67. The summed E-state index contributed by atoms with van der Waals surface area (Å²) in [5.74, 6) is 2.39. The first kappa shape index (κ1) is 12.2. The number of hydrogen-bond acceptors (Lipinski definition) is 3. The third kappa shape index (κ3) is 2.39. The van der Waals surface area contributed by atoms with E-state index in [1.54, 1.807) is 14.2 Å². The molecule has 0 bridgehead atoms. The van der Waals surface area contributed by atoms with Crippen LogP contribution in [0.2, 0.25) is 0 Å². The first-order valence-electron chi connectivity index (χ1n) is 6.11. The molecule has 17 heavy (non-hydrogen) atoms. The van der Waals surface area contributed by atoms with Crippen molar-refractivity contribution in [3.05, 3.63) is 23.3 Å². The van der Waals surface area contributed by atoms with Gasteiger partial charge in [0.1, 0.15) is 0 Å². The molecule has 0 aromatic heterocycles.